The Labute approximate surface area is 230 Å². The number of aryl methyl sites for hydroxylation is 2. The molecule has 2 aromatic carbocycles. The van der Waals surface area contributed by atoms with Gasteiger partial charge >= 0.3 is 5.97 Å². The smallest absolute Gasteiger partial charge is 0.335 e. The fourth-order valence-electron chi connectivity index (χ4n) is 4.12. The third-order valence-electron chi connectivity index (χ3n) is 5.74. The summed E-state index contributed by atoms with van der Waals surface area (Å²) < 4.78 is 34.7. The van der Waals surface area contributed by atoms with Crippen LogP contribution in [-0.4, -0.2) is 42.1 Å². The summed E-state index contributed by atoms with van der Waals surface area (Å²) in [6.07, 6.45) is 0.723. The topological polar surface area (TPSA) is 144 Å². The van der Waals surface area contributed by atoms with E-state index in [4.69, 9.17) is 10.5 Å². The number of hydrogen-bond acceptors (Lipinski definition) is 7. The third-order valence-corrected chi connectivity index (χ3v) is 7.07. The Hall–Kier alpha value is -3.21. The summed E-state index contributed by atoms with van der Waals surface area (Å²) in [6, 6.07) is 10.6. The number of carbonyl (C=O) groups is 1. The molecule has 0 bridgehead atoms. The molecule has 1 atom stereocenters. The fourth-order valence-corrected chi connectivity index (χ4v) is 5.11. The average Bonchev–Trinajstić information content (AvgIpc) is 2.78. The van der Waals surface area contributed by atoms with E-state index in [2.05, 4.69) is 35.5 Å². The maximum atomic E-state index is 13.1. The highest BCUT2D eigenvalue weighted by molar-refractivity contribution is 7.92. The Morgan fingerprint density at radius 3 is 2.26 bits per heavy atom. The molecule has 4 N–H and O–H groups in total. The SMILES string of the molecule is Cc1cccc(C)c1-c1nc(NS(=O)(=O)c2cccc(C(=O)O)c2)nc(OC[C@H](N)CC(C)(C)C)c1C.Cl. The van der Waals surface area contributed by atoms with Gasteiger partial charge in [0.05, 0.1) is 16.2 Å². The van der Waals surface area contributed by atoms with Crippen LogP contribution in [-0.2, 0) is 10.0 Å². The standard InChI is InChI=1S/C27H34N4O5S.ClH/c1-16-9-7-10-17(2)22(16)23-18(3)24(36-15-20(28)14-27(4,5)6)30-26(29-23)31-37(34,35)21-12-8-11-19(13-21)25(32)33;/h7-13,20H,14-15,28H2,1-6H3,(H,32,33)(H,29,30,31);1H/t20-;/m1./s1. The van der Waals surface area contributed by atoms with Crippen LogP contribution in [0.2, 0.25) is 0 Å². The molecule has 206 valence electrons. The molecule has 0 radical (unpaired) electrons. The van der Waals surface area contributed by atoms with Crippen molar-refractivity contribution in [2.45, 2.75) is 58.9 Å². The maximum Gasteiger partial charge on any atom is 0.335 e. The van der Waals surface area contributed by atoms with E-state index in [0.717, 1.165) is 29.2 Å². The van der Waals surface area contributed by atoms with Crippen LogP contribution in [0.3, 0.4) is 0 Å². The number of hydrogen-bond donors (Lipinski definition) is 3. The van der Waals surface area contributed by atoms with Crippen molar-refractivity contribution in [2.24, 2.45) is 11.1 Å². The molecule has 0 fully saturated rings. The minimum absolute atomic E-state index is 0. The van der Waals surface area contributed by atoms with Crippen molar-refractivity contribution in [3.05, 3.63) is 64.7 Å². The van der Waals surface area contributed by atoms with Gasteiger partial charge in [-0.15, -0.1) is 12.4 Å². The van der Waals surface area contributed by atoms with Crippen molar-refractivity contribution in [1.29, 1.82) is 0 Å². The average molecular weight is 563 g/mol. The van der Waals surface area contributed by atoms with Crippen molar-refractivity contribution in [3.63, 3.8) is 0 Å². The second-order valence-corrected chi connectivity index (χ2v) is 12.0. The molecule has 9 nitrogen and oxygen atoms in total. The van der Waals surface area contributed by atoms with Gasteiger partial charge in [0.1, 0.15) is 6.61 Å². The number of nitrogens with zero attached hydrogens (tertiary/aromatic N) is 2. The second kappa shape index (κ2) is 12.1. The molecule has 1 heterocycles. The van der Waals surface area contributed by atoms with Gasteiger partial charge in [0.2, 0.25) is 11.8 Å². The third kappa shape index (κ3) is 7.66. The largest absolute Gasteiger partial charge is 0.478 e. The highest BCUT2D eigenvalue weighted by atomic mass is 35.5. The Morgan fingerprint density at radius 1 is 1.08 bits per heavy atom. The van der Waals surface area contributed by atoms with E-state index >= 15 is 0 Å². The molecule has 38 heavy (non-hydrogen) atoms. The Bertz CT molecular complexity index is 1400. The lowest BCUT2D eigenvalue weighted by Gasteiger charge is -2.23. The Kier molecular flexibility index (Phi) is 9.88. The lowest BCUT2D eigenvalue weighted by atomic mass is 9.89. The number of ether oxygens (including phenoxy) is 1. The summed E-state index contributed by atoms with van der Waals surface area (Å²) in [7, 11) is -4.19. The first-order valence-electron chi connectivity index (χ1n) is 11.9. The van der Waals surface area contributed by atoms with Crippen molar-refractivity contribution in [3.8, 4) is 17.1 Å². The molecule has 0 aliphatic heterocycles. The first-order valence-corrected chi connectivity index (χ1v) is 13.4. The van der Waals surface area contributed by atoms with Gasteiger partial charge in [-0.1, -0.05) is 45.0 Å². The number of carboxylic acids is 1. The molecule has 3 rings (SSSR count). The quantitative estimate of drug-likeness (QED) is 0.325. The summed E-state index contributed by atoms with van der Waals surface area (Å²) in [5.41, 5.74) is 10.1. The number of sulfonamides is 1. The molecular weight excluding hydrogens is 528 g/mol. The van der Waals surface area contributed by atoms with Crippen LogP contribution in [0.1, 0.15) is 54.2 Å². The van der Waals surface area contributed by atoms with Gasteiger partial charge in [0.15, 0.2) is 0 Å². The molecular formula is C27H35ClN4O5S. The van der Waals surface area contributed by atoms with Gasteiger partial charge in [-0.25, -0.2) is 22.9 Å². The van der Waals surface area contributed by atoms with E-state index in [0.29, 0.717) is 11.3 Å². The second-order valence-electron chi connectivity index (χ2n) is 10.4. The van der Waals surface area contributed by atoms with Gasteiger partial charge < -0.3 is 15.6 Å². The first-order chi connectivity index (χ1) is 17.2. The van der Waals surface area contributed by atoms with Crippen LogP contribution >= 0.6 is 12.4 Å². The monoisotopic (exact) mass is 562 g/mol. The molecule has 0 unspecified atom stereocenters. The highest BCUT2D eigenvalue weighted by Gasteiger charge is 2.23. The van der Waals surface area contributed by atoms with E-state index < -0.39 is 16.0 Å². The van der Waals surface area contributed by atoms with Crippen LogP contribution in [0.15, 0.2) is 47.4 Å². The molecule has 11 heteroatoms. The molecule has 1 aromatic heterocycles. The summed E-state index contributed by atoms with van der Waals surface area (Å²) in [5.74, 6) is -1.21. The minimum atomic E-state index is -4.19. The van der Waals surface area contributed by atoms with Gasteiger partial charge in [0.25, 0.3) is 10.0 Å². The van der Waals surface area contributed by atoms with Crippen molar-refractivity contribution in [2.75, 3.05) is 11.3 Å². The lowest BCUT2D eigenvalue weighted by Crippen LogP contribution is -2.32. The first kappa shape index (κ1) is 31.0. The molecule has 0 saturated carbocycles. The number of rotatable bonds is 9. The van der Waals surface area contributed by atoms with E-state index in [-0.39, 0.29) is 52.8 Å². The van der Waals surface area contributed by atoms with Crippen LogP contribution < -0.4 is 15.2 Å². The normalized spacial score (nSPS) is 12.4. The predicted molar refractivity (Wildman–Crippen MR) is 151 cm³/mol. The van der Waals surface area contributed by atoms with E-state index in [9.17, 15) is 18.3 Å². The van der Waals surface area contributed by atoms with Crippen molar-refractivity contribution >= 4 is 34.3 Å². The zero-order valence-corrected chi connectivity index (χ0v) is 24.0. The molecule has 3 aromatic rings. The highest BCUT2D eigenvalue weighted by Crippen LogP contribution is 2.33. The van der Waals surface area contributed by atoms with Crippen LogP contribution in [0, 0.1) is 26.2 Å². The summed E-state index contributed by atoms with van der Waals surface area (Å²) >= 11 is 0. The predicted octanol–water partition coefficient (Wildman–Crippen LogP) is 5.13. The Balaban J connectivity index is 0.00000507. The zero-order valence-electron chi connectivity index (χ0n) is 22.4. The number of aromatic nitrogens is 2. The molecule has 0 aliphatic rings. The molecule has 0 spiro atoms. The summed E-state index contributed by atoms with van der Waals surface area (Å²) in [5, 5.41) is 9.25. The molecule has 0 amide bonds. The summed E-state index contributed by atoms with van der Waals surface area (Å²) in [4.78, 5) is 20.0. The van der Waals surface area contributed by atoms with E-state index in [1.165, 1.54) is 18.2 Å². The number of nitrogens with one attached hydrogen (secondary N) is 1. The lowest BCUT2D eigenvalue weighted by molar-refractivity contribution is 0.0696. The minimum Gasteiger partial charge on any atom is -0.478 e. The zero-order chi connectivity index (χ0) is 27.5. The van der Waals surface area contributed by atoms with Crippen LogP contribution in [0.25, 0.3) is 11.3 Å². The molecule has 0 aliphatic carbocycles. The number of carboxylic acid groups (broad SMARTS) is 1. The maximum absolute atomic E-state index is 13.1. The van der Waals surface area contributed by atoms with Crippen LogP contribution in [0.5, 0.6) is 5.88 Å². The van der Waals surface area contributed by atoms with Gasteiger partial charge in [-0.05, 0) is 61.9 Å². The fraction of sp³-hybridized carbons (Fsp3) is 0.370. The van der Waals surface area contributed by atoms with Gasteiger partial charge in [0, 0.05) is 17.2 Å². The number of aromatic carboxylic acids is 1. The Morgan fingerprint density at radius 2 is 1.68 bits per heavy atom. The van der Waals surface area contributed by atoms with Crippen molar-refractivity contribution in [1.82, 2.24) is 9.97 Å². The van der Waals surface area contributed by atoms with E-state index in [1.54, 1.807) is 0 Å². The van der Waals surface area contributed by atoms with E-state index in [1.807, 2.05) is 39.0 Å². The number of benzene rings is 2. The number of nitrogens with two attached hydrogens (primary N) is 1. The van der Waals surface area contributed by atoms with Crippen molar-refractivity contribution < 1.29 is 23.1 Å². The van der Waals surface area contributed by atoms with Crippen LogP contribution in [0.4, 0.5) is 5.95 Å². The van der Waals surface area contributed by atoms with Gasteiger partial charge in [-0.2, -0.15) is 4.98 Å². The number of anilines is 1. The molecule has 0 saturated heterocycles. The summed E-state index contributed by atoms with van der Waals surface area (Å²) in [6.45, 7) is 12.2. The van der Waals surface area contributed by atoms with Gasteiger partial charge in [-0.3, -0.25) is 0 Å². The number of halogens is 1.